The van der Waals surface area contributed by atoms with E-state index in [1.165, 1.54) is 18.3 Å². The number of fused-ring (bicyclic) bond motifs is 1. The molecular formula is C22H21Cl3N2O4S. The SMILES string of the molecule is CC(C)(C)OC(=O)CN(Cc1cccc(Cl)c1)S(=O)(=O)c1ccc2c(Cl)cnc(Cl)c2c1. The molecule has 32 heavy (non-hydrogen) atoms. The van der Waals surface area contributed by atoms with Crippen molar-refractivity contribution in [2.75, 3.05) is 6.54 Å². The van der Waals surface area contributed by atoms with Gasteiger partial charge in [0, 0.05) is 28.5 Å². The van der Waals surface area contributed by atoms with Gasteiger partial charge in [-0.05, 0) is 50.6 Å². The van der Waals surface area contributed by atoms with Crippen LogP contribution < -0.4 is 0 Å². The van der Waals surface area contributed by atoms with Crippen LogP contribution in [-0.2, 0) is 26.1 Å². The van der Waals surface area contributed by atoms with E-state index in [4.69, 9.17) is 39.5 Å². The number of sulfonamides is 1. The molecule has 0 aliphatic rings. The number of hydrogen-bond acceptors (Lipinski definition) is 5. The van der Waals surface area contributed by atoms with Crippen LogP contribution in [0.4, 0.5) is 0 Å². The molecule has 0 amide bonds. The van der Waals surface area contributed by atoms with E-state index < -0.39 is 28.1 Å². The van der Waals surface area contributed by atoms with Crippen molar-refractivity contribution in [2.24, 2.45) is 0 Å². The standard InChI is InChI=1S/C22H21Cl3N2O4S/c1-22(2,3)31-20(28)13-27(12-14-5-4-6-15(23)9-14)32(29,30)16-7-8-17-18(10-16)21(25)26-11-19(17)24/h4-11H,12-13H2,1-3H3. The van der Waals surface area contributed by atoms with E-state index in [1.807, 2.05) is 0 Å². The van der Waals surface area contributed by atoms with Crippen LogP contribution >= 0.6 is 34.8 Å². The van der Waals surface area contributed by atoms with Gasteiger partial charge in [-0.25, -0.2) is 13.4 Å². The summed E-state index contributed by atoms with van der Waals surface area (Å²) in [6.45, 7) is 4.57. The third-order valence-corrected chi connectivity index (χ3v) is 7.00. The number of pyridine rings is 1. The quantitative estimate of drug-likeness (QED) is 0.310. The monoisotopic (exact) mass is 514 g/mol. The number of carbonyl (C=O) groups is 1. The maximum Gasteiger partial charge on any atom is 0.321 e. The van der Waals surface area contributed by atoms with Crippen molar-refractivity contribution in [1.82, 2.24) is 9.29 Å². The van der Waals surface area contributed by atoms with Crippen LogP contribution in [0, 0.1) is 0 Å². The lowest BCUT2D eigenvalue weighted by Crippen LogP contribution is -2.38. The molecule has 0 saturated carbocycles. The molecule has 0 atom stereocenters. The first-order valence-electron chi connectivity index (χ1n) is 9.57. The van der Waals surface area contributed by atoms with Crippen LogP contribution in [0.5, 0.6) is 0 Å². The fraction of sp³-hybridized carbons (Fsp3) is 0.273. The summed E-state index contributed by atoms with van der Waals surface area (Å²) in [4.78, 5) is 16.4. The molecule has 10 heteroatoms. The zero-order valence-corrected chi connectivity index (χ0v) is 20.7. The highest BCUT2D eigenvalue weighted by Gasteiger charge is 2.29. The highest BCUT2D eigenvalue weighted by Crippen LogP contribution is 2.31. The predicted octanol–water partition coefficient (Wildman–Crippen LogP) is 5.73. The minimum Gasteiger partial charge on any atom is -0.459 e. The molecule has 170 valence electrons. The number of halogens is 3. The number of carbonyl (C=O) groups excluding carboxylic acids is 1. The summed E-state index contributed by atoms with van der Waals surface area (Å²) in [5, 5.41) is 1.88. The summed E-state index contributed by atoms with van der Waals surface area (Å²) < 4.78 is 33.5. The Morgan fingerprint density at radius 3 is 2.44 bits per heavy atom. The van der Waals surface area contributed by atoms with Crippen molar-refractivity contribution in [3.05, 3.63) is 69.4 Å². The highest BCUT2D eigenvalue weighted by atomic mass is 35.5. The molecular weight excluding hydrogens is 495 g/mol. The summed E-state index contributed by atoms with van der Waals surface area (Å²) >= 11 is 18.4. The molecule has 3 aromatic rings. The van der Waals surface area contributed by atoms with Gasteiger partial charge in [-0.1, -0.05) is 53.0 Å². The molecule has 0 N–H and O–H groups in total. The fourth-order valence-electron chi connectivity index (χ4n) is 3.05. The lowest BCUT2D eigenvalue weighted by Gasteiger charge is -2.25. The molecule has 0 aliphatic heterocycles. The summed E-state index contributed by atoms with van der Waals surface area (Å²) in [5.41, 5.74) is -0.144. The zero-order chi connectivity index (χ0) is 23.7. The fourth-order valence-corrected chi connectivity index (χ4v) is 5.08. The molecule has 3 rings (SSSR count). The van der Waals surface area contributed by atoms with Gasteiger partial charge in [0.05, 0.1) is 9.92 Å². The molecule has 2 aromatic carbocycles. The average Bonchev–Trinajstić information content (AvgIpc) is 2.68. The van der Waals surface area contributed by atoms with Gasteiger partial charge >= 0.3 is 5.97 Å². The second kappa shape index (κ2) is 9.53. The van der Waals surface area contributed by atoms with Gasteiger partial charge in [-0.3, -0.25) is 4.79 Å². The largest absolute Gasteiger partial charge is 0.459 e. The Kier molecular flexibility index (Phi) is 7.37. The average molecular weight is 516 g/mol. The van der Waals surface area contributed by atoms with E-state index in [2.05, 4.69) is 4.98 Å². The maximum absolute atomic E-state index is 13.6. The number of ether oxygens (including phenoxy) is 1. The lowest BCUT2D eigenvalue weighted by molar-refractivity contribution is -0.155. The normalized spacial score (nSPS) is 12.3. The van der Waals surface area contributed by atoms with E-state index in [0.29, 0.717) is 26.4 Å². The second-order valence-electron chi connectivity index (χ2n) is 8.09. The Balaban J connectivity index is 2.04. The van der Waals surface area contributed by atoms with E-state index in [9.17, 15) is 13.2 Å². The Morgan fingerprint density at radius 1 is 1.06 bits per heavy atom. The molecule has 0 fully saturated rings. The molecule has 0 unspecified atom stereocenters. The Bertz CT molecular complexity index is 1270. The van der Waals surface area contributed by atoms with Crippen molar-refractivity contribution >= 4 is 61.6 Å². The minimum absolute atomic E-state index is 0.0541. The number of esters is 1. The number of nitrogens with zero attached hydrogens (tertiary/aromatic N) is 2. The first-order valence-corrected chi connectivity index (χ1v) is 12.1. The molecule has 1 aromatic heterocycles. The van der Waals surface area contributed by atoms with Crippen LogP contribution in [0.2, 0.25) is 15.2 Å². The summed E-state index contributed by atoms with van der Waals surface area (Å²) in [5.74, 6) is -0.674. The third kappa shape index (κ3) is 5.91. The van der Waals surface area contributed by atoms with Crippen LogP contribution in [0.25, 0.3) is 10.8 Å². The van der Waals surface area contributed by atoms with Crippen molar-refractivity contribution in [2.45, 2.75) is 37.8 Å². The molecule has 0 aliphatic carbocycles. The van der Waals surface area contributed by atoms with Gasteiger partial charge in [-0.2, -0.15) is 4.31 Å². The maximum atomic E-state index is 13.6. The number of hydrogen-bond donors (Lipinski definition) is 0. The van der Waals surface area contributed by atoms with Crippen molar-refractivity contribution in [3.63, 3.8) is 0 Å². The van der Waals surface area contributed by atoms with Gasteiger partial charge in [0.1, 0.15) is 17.3 Å². The lowest BCUT2D eigenvalue weighted by atomic mass is 10.2. The van der Waals surface area contributed by atoms with Crippen LogP contribution in [0.1, 0.15) is 26.3 Å². The molecule has 0 radical (unpaired) electrons. The van der Waals surface area contributed by atoms with Crippen molar-refractivity contribution in [1.29, 1.82) is 0 Å². The predicted molar refractivity (Wildman–Crippen MR) is 127 cm³/mol. The second-order valence-corrected chi connectivity index (χ2v) is 11.2. The van der Waals surface area contributed by atoms with Crippen molar-refractivity contribution in [3.8, 4) is 0 Å². The smallest absolute Gasteiger partial charge is 0.321 e. The van der Waals surface area contributed by atoms with Gasteiger partial charge in [0.25, 0.3) is 0 Å². The molecule has 0 bridgehead atoms. The summed E-state index contributed by atoms with van der Waals surface area (Å²) in [6.07, 6.45) is 1.40. The number of benzene rings is 2. The Morgan fingerprint density at radius 2 is 1.78 bits per heavy atom. The summed E-state index contributed by atoms with van der Waals surface area (Å²) in [6, 6.07) is 11.1. The molecule has 6 nitrogen and oxygen atoms in total. The number of rotatable bonds is 6. The third-order valence-electron chi connectivity index (χ3n) is 4.37. The Hall–Kier alpha value is -1.90. The zero-order valence-electron chi connectivity index (χ0n) is 17.6. The van der Waals surface area contributed by atoms with Crippen LogP contribution in [0.3, 0.4) is 0 Å². The van der Waals surface area contributed by atoms with Crippen molar-refractivity contribution < 1.29 is 17.9 Å². The first kappa shape index (κ1) is 24.7. The van der Waals surface area contributed by atoms with Gasteiger partial charge in [0.15, 0.2) is 0 Å². The summed E-state index contributed by atoms with van der Waals surface area (Å²) in [7, 11) is -4.12. The van der Waals surface area contributed by atoms with Gasteiger partial charge in [-0.15, -0.1) is 0 Å². The molecule has 1 heterocycles. The topological polar surface area (TPSA) is 76.6 Å². The van der Waals surface area contributed by atoms with Gasteiger partial charge < -0.3 is 4.74 Å². The Labute approximate surface area is 202 Å². The van der Waals surface area contributed by atoms with E-state index in [0.717, 1.165) is 4.31 Å². The first-order chi connectivity index (χ1) is 14.9. The molecule has 0 spiro atoms. The van der Waals surface area contributed by atoms with Gasteiger partial charge in [0.2, 0.25) is 10.0 Å². The van der Waals surface area contributed by atoms with Crippen LogP contribution in [-0.4, -0.2) is 35.8 Å². The molecule has 0 saturated heterocycles. The van der Waals surface area contributed by atoms with E-state index >= 15 is 0 Å². The van der Waals surface area contributed by atoms with Crippen LogP contribution in [0.15, 0.2) is 53.6 Å². The van der Waals surface area contributed by atoms with E-state index in [-0.39, 0.29) is 16.6 Å². The number of aromatic nitrogens is 1. The highest BCUT2D eigenvalue weighted by molar-refractivity contribution is 7.89. The van der Waals surface area contributed by atoms with E-state index in [1.54, 1.807) is 51.1 Å². The minimum atomic E-state index is -4.12.